The topological polar surface area (TPSA) is 20.2 Å². The van der Waals surface area contributed by atoms with Gasteiger partial charge in [0.1, 0.15) is 0 Å². The van der Waals surface area contributed by atoms with Crippen molar-refractivity contribution in [3.63, 3.8) is 0 Å². The molecule has 0 rings (SSSR count). The molecule has 0 aliphatic carbocycles. The van der Waals surface area contributed by atoms with Crippen molar-refractivity contribution in [3.8, 4) is 0 Å². The van der Waals surface area contributed by atoms with Crippen LogP contribution >= 0.6 is 11.6 Å². The zero-order valence-electron chi connectivity index (χ0n) is 6.81. The van der Waals surface area contributed by atoms with Crippen LogP contribution in [0.25, 0.3) is 0 Å². The molecule has 2 atom stereocenters. The van der Waals surface area contributed by atoms with Crippen LogP contribution in [0.5, 0.6) is 0 Å². The molecule has 0 bridgehead atoms. The van der Waals surface area contributed by atoms with Gasteiger partial charge in [-0.1, -0.05) is 20.3 Å². The highest BCUT2D eigenvalue weighted by molar-refractivity contribution is 6.20. The van der Waals surface area contributed by atoms with E-state index in [-0.39, 0.29) is 12.0 Å². The lowest BCUT2D eigenvalue weighted by atomic mass is 10.0. The summed E-state index contributed by atoms with van der Waals surface area (Å²) in [5, 5.41) is 8.76. The maximum absolute atomic E-state index is 8.51. The molecule has 0 aromatic carbocycles. The fourth-order valence-corrected chi connectivity index (χ4v) is 1.16. The molecular weight excluding hydrogens is 148 g/mol. The van der Waals surface area contributed by atoms with Crippen molar-refractivity contribution >= 4 is 11.6 Å². The second kappa shape index (κ2) is 5.99. The lowest BCUT2D eigenvalue weighted by Gasteiger charge is -2.14. The van der Waals surface area contributed by atoms with Crippen LogP contribution < -0.4 is 0 Å². The van der Waals surface area contributed by atoms with Gasteiger partial charge in [0.15, 0.2) is 0 Å². The van der Waals surface area contributed by atoms with Crippen LogP contribution in [0, 0.1) is 5.92 Å². The maximum Gasteiger partial charge on any atom is 0.0431 e. The fourth-order valence-electron chi connectivity index (χ4n) is 0.827. The highest BCUT2D eigenvalue weighted by atomic mass is 35.5. The van der Waals surface area contributed by atoms with Gasteiger partial charge < -0.3 is 5.11 Å². The summed E-state index contributed by atoms with van der Waals surface area (Å²) in [6, 6.07) is 0. The van der Waals surface area contributed by atoms with E-state index in [1.165, 1.54) is 0 Å². The zero-order chi connectivity index (χ0) is 7.98. The summed E-state index contributed by atoms with van der Waals surface area (Å²) in [6.45, 7) is 4.55. The molecule has 10 heavy (non-hydrogen) atoms. The summed E-state index contributed by atoms with van der Waals surface area (Å²) in [5.41, 5.74) is 0. The van der Waals surface area contributed by atoms with Gasteiger partial charge in [-0.05, 0) is 18.8 Å². The molecule has 62 valence electrons. The SMILES string of the molecule is CC[C@H](C)[C@@H](Cl)CCCO. The Labute approximate surface area is 68.4 Å². The van der Waals surface area contributed by atoms with Crippen LogP contribution in [0.2, 0.25) is 0 Å². The van der Waals surface area contributed by atoms with E-state index in [0.717, 1.165) is 19.3 Å². The molecule has 1 nitrogen and oxygen atoms in total. The fraction of sp³-hybridized carbons (Fsp3) is 1.00. The number of hydrogen-bond acceptors (Lipinski definition) is 1. The molecule has 0 aromatic rings. The van der Waals surface area contributed by atoms with Crippen LogP contribution in [0.4, 0.5) is 0 Å². The molecule has 0 saturated heterocycles. The third-order valence-electron chi connectivity index (χ3n) is 1.90. The van der Waals surface area contributed by atoms with Gasteiger partial charge in [0.05, 0.1) is 0 Å². The minimum atomic E-state index is 0.247. The number of rotatable bonds is 5. The summed E-state index contributed by atoms with van der Waals surface area (Å²) in [6.07, 6.45) is 2.89. The second-order valence-electron chi connectivity index (χ2n) is 2.77. The first kappa shape index (κ1) is 10.2. The van der Waals surface area contributed by atoms with Crippen LogP contribution in [0.15, 0.2) is 0 Å². The van der Waals surface area contributed by atoms with Crippen LogP contribution in [-0.2, 0) is 0 Å². The van der Waals surface area contributed by atoms with Crippen molar-refractivity contribution in [2.45, 2.75) is 38.5 Å². The molecule has 0 aliphatic rings. The van der Waals surface area contributed by atoms with Crippen LogP contribution in [0.1, 0.15) is 33.1 Å². The van der Waals surface area contributed by atoms with Gasteiger partial charge in [-0.15, -0.1) is 11.6 Å². The van der Waals surface area contributed by atoms with Crippen molar-refractivity contribution in [3.05, 3.63) is 0 Å². The maximum atomic E-state index is 8.51. The molecule has 0 heterocycles. The average Bonchev–Trinajstić information content (AvgIpc) is 1.98. The quantitative estimate of drug-likeness (QED) is 0.619. The highest BCUT2D eigenvalue weighted by Gasteiger charge is 2.10. The van der Waals surface area contributed by atoms with Crippen molar-refractivity contribution in [1.29, 1.82) is 0 Å². The Balaban J connectivity index is 3.31. The Morgan fingerprint density at radius 2 is 2.10 bits per heavy atom. The molecule has 0 unspecified atom stereocenters. The monoisotopic (exact) mass is 164 g/mol. The van der Waals surface area contributed by atoms with Crippen molar-refractivity contribution in [1.82, 2.24) is 0 Å². The van der Waals surface area contributed by atoms with E-state index >= 15 is 0 Å². The second-order valence-corrected chi connectivity index (χ2v) is 3.33. The normalized spacial score (nSPS) is 16.8. The molecule has 0 radical (unpaired) electrons. The van der Waals surface area contributed by atoms with E-state index in [9.17, 15) is 0 Å². The van der Waals surface area contributed by atoms with E-state index < -0.39 is 0 Å². The summed E-state index contributed by atoms with van der Waals surface area (Å²) >= 11 is 6.00. The van der Waals surface area contributed by atoms with Gasteiger partial charge in [-0.25, -0.2) is 0 Å². The first-order valence-electron chi connectivity index (χ1n) is 3.97. The van der Waals surface area contributed by atoms with E-state index in [1.54, 1.807) is 0 Å². The third kappa shape index (κ3) is 4.13. The minimum absolute atomic E-state index is 0.247. The Morgan fingerprint density at radius 3 is 2.50 bits per heavy atom. The molecule has 1 N–H and O–H groups in total. The van der Waals surface area contributed by atoms with Gasteiger partial charge in [0.25, 0.3) is 0 Å². The van der Waals surface area contributed by atoms with E-state index in [4.69, 9.17) is 16.7 Å². The summed E-state index contributed by atoms with van der Waals surface area (Å²) in [5.74, 6) is 0.577. The van der Waals surface area contributed by atoms with E-state index in [1.807, 2.05) is 0 Å². The molecule has 0 fully saturated rings. The minimum Gasteiger partial charge on any atom is -0.396 e. The van der Waals surface area contributed by atoms with Crippen molar-refractivity contribution < 1.29 is 5.11 Å². The Hall–Kier alpha value is 0.250. The van der Waals surface area contributed by atoms with Gasteiger partial charge in [0.2, 0.25) is 0 Å². The van der Waals surface area contributed by atoms with Crippen molar-refractivity contribution in [2.24, 2.45) is 5.92 Å². The molecule has 0 aliphatic heterocycles. The number of aliphatic hydroxyl groups excluding tert-OH is 1. The summed E-state index contributed by atoms with van der Waals surface area (Å²) < 4.78 is 0. The van der Waals surface area contributed by atoms with Crippen LogP contribution in [-0.4, -0.2) is 17.1 Å². The largest absolute Gasteiger partial charge is 0.396 e. The van der Waals surface area contributed by atoms with Gasteiger partial charge in [-0.3, -0.25) is 0 Å². The zero-order valence-corrected chi connectivity index (χ0v) is 7.56. The van der Waals surface area contributed by atoms with E-state index in [0.29, 0.717) is 5.92 Å². The Kier molecular flexibility index (Phi) is 6.14. The first-order chi connectivity index (χ1) is 4.72. The summed E-state index contributed by atoms with van der Waals surface area (Å²) in [4.78, 5) is 0. The Morgan fingerprint density at radius 1 is 1.50 bits per heavy atom. The molecule has 2 heteroatoms. The highest BCUT2D eigenvalue weighted by Crippen LogP contribution is 2.18. The first-order valence-corrected chi connectivity index (χ1v) is 4.41. The number of hydrogen-bond donors (Lipinski definition) is 1. The number of alkyl halides is 1. The average molecular weight is 165 g/mol. The predicted molar refractivity (Wildman–Crippen MR) is 45.4 cm³/mol. The molecule has 0 aromatic heterocycles. The third-order valence-corrected chi connectivity index (χ3v) is 2.55. The number of halogens is 1. The van der Waals surface area contributed by atoms with Crippen LogP contribution in [0.3, 0.4) is 0 Å². The molecule has 0 amide bonds. The standard InChI is InChI=1S/C8H17ClO/c1-3-7(2)8(9)5-4-6-10/h7-8,10H,3-6H2,1-2H3/t7-,8-/m0/s1. The lowest BCUT2D eigenvalue weighted by molar-refractivity contribution is 0.279. The molecule has 0 saturated carbocycles. The predicted octanol–water partition coefficient (Wildman–Crippen LogP) is 2.41. The molecular formula is C8H17ClO. The smallest absolute Gasteiger partial charge is 0.0431 e. The number of aliphatic hydroxyl groups is 1. The summed E-state index contributed by atoms with van der Waals surface area (Å²) in [7, 11) is 0. The van der Waals surface area contributed by atoms with Crippen molar-refractivity contribution in [2.75, 3.05) is 6.61 Å². The molecule has 0 spiro atoms. The van der Waals surface area contributed by atoms with E-state index in [2.05, 4.69) is 13.8 Å². The lowest BCUT2D eigenvalue weighted by Crippen LogP contribution is -2.10. The van der Waals surface area contributed by atoms with Gasteiger partial charge in [-0.2, -0.15) is 0 Å². The van der Waals surface area contributed by atoms with Gasteiger partial charge >= 0.3 is 0 Å². The van der Waals surface area contributed by atoms with Gasteiger partial charge in [0, 0.05) is 12.0 Å². The Bertz CT molecular complexity index is 75.7.